The van der Waals surface area contributed by atoms with Gasteiger partial charge < -0.3 is 9.84 Å². The van der Waals surface area contributed by atoms with E-state index in [2.05, 4.69) is 0 Å². The molecule has 104 valence electrons. The summed E-state index contributed by atoms with van der Waals surface area (Å²) in [5, 5.41) is 11.0. The van der Waals surface area contributed by atoms with Crippen LogP contribution in [-0.4, -0.2) is 11.2 Å². The van der Waals surface area contributed by atoms with Crippen LogP contribution in [0, 0.1) is 0 Å². The molecule has 0 spiro atoms. The Hall–Kier alpha value is -1.80. The summed E-state index contributed by atoms with van der Waals surface area (Å²) in [6.45, 7) is 2.00. The average Bonchev–Trinajstić information content (AvgIpc) is 3.32. The van der Waals surface area contributed by atoms with E-state index in [1.54, 1.807) is 0 Å². The van der Waals surface area contributed by atoms with E-state index in [1.165, 1.54) is 0 Å². The lowest BCUT2D eigenvalue weighted by Crippen LogP contribution is -2.26. The maximum Gasteiger partial charge on any atom is 0.119 e. The third-order valence-electron chi connectivity index (χ3n) is 3.92. The molecule has 1 saturated carbocycles. The lowest BCUT2D eigenvalue weighted by Gasteiger charge is -2.28. The van der Waals surface area contributed by atoms with Crippen molar-refractivity contribution in [3.63, 3.8) is 0 Å². The summed E-state index contributed by atoms with van der Waals surface area (Å²) in [6, 6.07) is 17.7. The first kappa shape index (κ1) is 13.2. The maximum atomic E-state index is 11.0. The van der Waals surface area contributed by atoms with Crippen LogP contribution < -0.4 is 4.74 Å². The van der Waals surface area contributed by atoms with Crippen molar-refractivity contribution >= 4 is 0 Å². The molecule has 2 heteroatoms. The normalized spacial score (nSPS) is 17.5. The van der Waals surface area contributed by atoms with Crippen LogP contribution >= 0.6 is 0 Å². The van der Waals surface area contributed by atoms with E-state index in [9.17, 15) is 5.11 Å². The molecule has 1 aliphatic carbocycles. The number of hydrogen-bond donors (Lipinski definition) is 1. The fourth-order valence-electron chi connectivity index (χ4n) is 2.48. The molecule has 0 bridgehead atoms. The van der Waals surface area contributed by atoms with Gasteiger partial charge in [-0.1, -0.05) is 49.4 Å². The van der Waals surface area contributed by atoms with Gasteiger partial charge in [-0.3, -0.25) is 0 Å². The third-order valence-corrected chi connectivity index (χ3v) is 3.92. The Morgan fingerprint density at radius 1 is 1.00 bits per heavy atom. The molecule has 0 heterocycles. The first-order valence-corrected chi connectivity index (χ1v) is 7.27. The molecule has 1 unspecified atom stereocenters. The molecule has 1 N–H and O–H groups in total. The van der Waals surface area contributed by atoms with Gasteiger partial charge in [-0.15, -0.1) is 0 Å². The topological polar surface area (TPSA) is 29.5 Å². The number of hydrogen-bond acceptors (Lipinski definition) is 2. The van der Waals surface area contributed by atoms with Crippen LogP contribution in [0.1, 0.15) is 37.3 Å². The number of ether oxygens (including phenoxy) is 1. The number of rotatable bonds is 5. The van der Waals surface area contributed by atoms with Crippen LogP contribution in [0.25, 0.3) is 0 Å². The third kappa shape index (κ3) is 2.56. The zero-order valence-electron chi connectivity index (χ0n) is 11.8. The van der Waals surface area contributed by atoms with Crippen molar-refractivity contribution in [1.29, 1.82) is 0 Å². The van der Waals surface area contributed by atoms with Gasteiger partial charge in [-0.05, 0) is 42.5 Å². The maximum absolute atomic E-state index is 11.0. The van der Waals surface area contributed by atoms with Crippen LogP contribution in [0.15, 0.2) is 54.6 Å². The summed E-state index contributed by atoms with van der Waals surface area (Å²) < 4.78 is 5.75. The lowest BCUT2D eigenvalue weighted by atomic mass is 9.84. The molecule has 0 aromatic heterocycles. The molecule has 0 aliphatic heterocycles. The van der Waals surface area contributed by atoms with E-state index < -0.39 is 5.60 Å². The number of aliphatic hydroxyl groups is 1. The van der Waals surface area contributed by atoms with Gasteiger partial charge >= 0.3 is 0 Å². The van der Waals surface area contributed by atoms with Crippen molar-refractivity contribution in [2.45, 2.75) is 37.9 Å². The molecule has 3 rings (SSSR count). The van der Waals surface area contributed by atoms with Crippen molar-refractivity contribution in [2.24, 2.45) is 0 Å². The highest BCUT2D eigenvalue weighted by Gasteiger charge is 2.29. The van der Waals surface area contributed by atoms with Gasteiger partial charge in [-0.25, -0.2) is 0 Å². The van der Waals surface area contributed by atoms with Crippen molar-refractivity contribution in [2.75, 3.05) is 0 Å². The Kier molecular flexibility index (Phi) is 3.49. The molecule has 0 amide bonds. The Morgan fingerprint density at radius 2 is 1.60 bits per heavy atom. The first-order chi connectivity index (χ1) is 9.72. The van der Waals surface area contributed by atoms with E-state index >= 15 is 0 Å². The Bertz CT molecular complexity index is 558. The molecule has 2 aromatic rings. The minimum absolute atomic E-state index is 0.403. The predicted molar refractivity (Wildman–Crippen MR) is 79.8 cm³/mol. The smallest absolute Gasteiger partial charge is 0.119 e. The van der Waals surface area contributed by atoms with Crippen molar-refractivity contribution < 1.29 is 9.84 Å². The minimum atomic E-state index is -0.931. The Morgan fingerprint density at radius 3 is 2.15 bits per heavy atom. The summed E-state index contributed by atoms with van der Waals surface area (Å²) in [5.74, 6) is 0.891. The number of benzene rings is 2. The molecule has 1 fully saturated rings. The van der Waals surface area contributed by atoms with Crippen molar-refractivity contribution in [3.8, 4) is 5.75 Å². The van der Waals surface area contributed by atoms with Crippen molar-refractivity contribution in [3.05, 3.63) is 65.7 Å². The fourth-order valence-corrected chi connectivity index (χ4v) is 2.48. The summed E-state index contributed by atoms with van der Waals surface area (Å²) in [5.41, 5.74) is 0.909. The summed E-state index contributed by atoms with van der Waals surface area (Å²) in [4.78, 5) is 0. The average molecular weight is 268 g/mol. The van der Waals surface area contributed by atoms with E-state index in [-0.39, 0.29) is 0 Å². The van der Waals surface area contributed by atoms with E-state index in [0.717, 1.165) is 29.7 Å². The van der Waals surface area contributed by atoms with Crippen LogP contribution in [0.3, 0.4) is 0 Å². The van der Waals surface area contributed by atoms with E-state index in [4.69, 9.17) is 4.74 Å². The highest BCUT2D eigenvalue weighted by molar-refractivity contribution is 5.38. The monoisotopic (exact) mass is 268 g/mol. The quantitative estimate of drug-likeness (QED) is 0.892. The van der Waals surface area contributed by atoms with Gasteiger partial charge in [0.05, 0.1) is 6.10 Å². The summed E-state index contributed by atoms with van der Waals surface area (Å²) in [7, 11) is 0. The molecular weight excluding hydrogens is 248 g/mol. The predicted octanol–water partition coefficient (Wildman–Crippen LogP) is 3.87. The van der Waals surface area contributed by atoms with Crippen LogP contribution in [0.4, 0.5) is 0 Å². The van der Waals surface area contributed by atoms with Gasteiger partial charge in [0, 0.05) is 0 Å². The molecule has 0 saturated heterocycles. The van der Waals surface area contributed by atoms with Crippen molar-refractivity contribution in [1.82, 2.24) is 0 Å². The molecule has 1 atom stereocenters. The SMILES string of the molecule is CCC(O)(c1ccccc1)c1ccc(OC2CC2)cc1. The standard InChI is InChI=1S/C18H20O2/c1-2-18(19,14-6-4-3-5-7-14)15-8-10-16(11-9-15)20-17-12-13-17/h3-11,17,19H,2,12-13H2,1H3. The second-order valence-electron chi connectivity index (χ2n) is 5.42. The summed E-state index contributed by atoms with van der Waals surface area (Å²) >= 11 is 0. The highest BCUT2D eigenvalue weighted by atomic mass is 16.5. The molecule has 2 nitrogen and oxygen atoms in total. The minimum Gasteiger partial charge on any atom is -0.490 e. The van der Waals surface area contributed by atoms with Crippen LogP contribution in [0.2, 0.25) is 0 Å². The Balaban J connectivity index is 1.88. The molecule has 2 aromatic carbocycles. The van der Waals surface area contributed by atoms with Gasteiger partial charge in [-0.2, -0.15) is 0 Å². The van der Waals surface area contributed by atoms with Gasteiger partial charge in [0.15, 0.2) is 0 Å². The molecule has 0 radical (unpaired) electrons. The zero-order chi connectivity index (χ0) is 14.0. The summed E-state index contributed by atoms with van der Waals surface area (Å²) in [6.07, 6.45) is 3.36. The van der Waals surface area contributed by atoms with Gasteiger partial charge in [0.2, 0.25) is 0 Å². The zero-order valence-corrected chi connectivity index (χ0v) is 11.8. The molecule has 1 aliphatic rings. The highest BCUT2D eigenvalue weighted by Crippen LogP contribution is 2.34. The van der Waals surface area contributed by atoms with Crippen LogP contribution in [-0.2, 0) is 5.60 Å². The lowest BCUT2D eigenvalue weighted by molar-refractivity contribution is 0.0765. The van der Waals surface area contributed by atoms with Crippen LogP contribution in [0.5, 0.6) is 5.75 Å². The van der Waals surface area contributed by atoms with Gasteiger partial charge in [0.25, 0.3) is 0 Å². The second kappa shape index (κ2) is 5.29. The Labute approximate surface area is 120 Å². The largest absolute Gasteiger partial charge is 0.490 e. The van der Waals surface area contributed by atoms with E-state index in [1.807, 2.05) is 61.5 Å². The van der Waals surface area contributed by atoms with Gasteiger partial charge in [0.1, 0.15) is 11.4 Å². The second-order valence-corrected chi connectivity index (χ2v) is 5.42. The van der Waals surface area contributed by atoms with E-state index in [0.29, 0.717) is 12.5 Å². The molecular formula is C18H20O2. The first-order valence-electron chi connectivity index (χ1n) is 7.27. The molecule has 20 heavy (non-hydrogen) atoms. The fraction of sp³-hybridized carbons (Fsp3) is 0.333.